The van der Waals surface area contributed by atoms with E-state index in [1.807, 2.05) is 41.8 Å². The topological polar surface area (TPSA) is 60.2 Å². The van der Waals surface area contributed by atoms with Gasteiger partial charge in [-0.2, -0.15) is 0 Å². The van der Waals surface area contributed by atoms with Crippen molar-refractivity contribution in [3.05, 3.63) is 53.6 Å². The molecule has 0 saturated carbocycles. The Balaban J connectivity index is 1.80. The summed E-state index contributed by atoms with van der Waals surface area (Å²) in [6.45, 7) is 2.66. The highest BCUT2D eigenvalue weighted by Gasteiger charge is 2.19. The van der Waals surface area contributed by atoms with Crippen molar-refractivity contribution in [2.45, 2.75) is 18.6 Å². The number of para-hydroxylation sites is 1. The predicted molar refractivity (Wildman–Crippen MR) is 113 cm³/mol. The molecule has 0 unspecified atom stereocenters. The molecule has 1 aromatic heterocycles. The number of carbonyl (C=O) groups is 1. The first-order valence-electron chi connectivity index (χ1n) is 8.76. The summed E-state index contributed by atoms with van der Waals surface area (Å²) in [5.41, 5.74) is 1.62. The molecule has 0 aliphatic rings. The van der Waals surface area contributed by atoms with Gasteiger partial charge in [0, 0.05) is 24.3 Å². The summed E-state index contributed by atoms with van der Waals surface area (Å²) in [5, 5.41) is 9.86. The maximum absolute atomic E-state index is 12.5. The largest absolute Gasteiger partial charge is 0.496 e. The third-order valence-corrected chi connectivity index (χ3v) is 5.46. The lowest BCUT2D eigenvalue weighted by molar-refractivity contribution is -0.115. The Bertz CT molecular complexity index is 962. The predicted octanol–water partition coefficient (Wildman–Crippen LogP) is 4.38. The lowest BCUT2D eigenvalue weighted by Gasteiger charge is -2.17. The van der Waals surface area contributed by atoms with Gasteiger partial charge in [-0.05, 0) is 37.3 Å². The molecule has 28 heavy (non-hydrogen) atoms. The van der Waals surface area contributed by atoms with Crippen molar-refractivity contribution >= 4 is 35.0 Å². The fraction of sp³-hybridized carbons (Fsp3) is 0.250. The van der Waals surface area contributed by atoms with Crippen molar-refractivity contribution < 1.29 is 9.53 Å². The van der Waals surface area contributed by atoms with Gasteiger partial charge in [0.2, 0.25) is 5.91 Å². The van der Waals surface area contributed by atoms with Crippen LogP contribution in [0.1, 0.15) is 6.92 Å². The normalized spacial score (nSPS) is 10.7. The number of methoxy groups -OCH3 is 1. The number of nitrogens with zero attached hydrogens (tertiary/aromatic N) is 4. The molecule has 3 rings (SSSR count). The first kappa shape index (κ1) is 20.2. The summed E-state index contributed by atoms with van der Waals surface area (Å²) in [7, 11) is 3.37. The van der Waals surface area contributed by atoms with Crippen molar-refractivity contribution in [2.24, 2.45) is 0 Å². The summed E-state index contributed by atoms with van der Waals surface area (Å²) in [4.78, 5) is 14.2. The lowest BCUT2D eigenvalue weighted by Crippen LogP contribution is -2.27. The second-order valence-electron chi connectivity index (χ2n) is 5.97. The second-order valence-corrected chi connectivity index (χ2v) is 7.35. The van der Waals surface area contributed by atoms with Gasteiger partial charge in [0.1, 0.15) is 5.75 Å². The Labute approximate surface area is 173 Å². The van der Waals surface area contributed by atoms with Crippen LogP contribution in [0.5, 0.6) is 5.75 Å². The molecule has 3 aromatic rings. The molecule has 0 aliphatic carbocycles. The molecule has 6 nitrogen and oxygen atoms in total. The van der Waals surface area contributed by atoms with E-state index in [4.69, 9.17) is 16.3 Å². The molecule has 1 amide bonds. The van der Waals surface area contributed by atoms with Gasteiger partial charge in [-0.1, -0.05) is 41.6 Å². The minimum absolute atomic E-state index is 0.0104. The summed E-state index contributed by atoms with van der Waals surface area (Å²) in [6, 6.07) is 14.9. The van der Waals surface area contributed by atoms with Crippen LogP contribution in [0.2, 0.25) is 5.02 Å². The number of hydrogen-bond acceptors (Lipinski definition) is 5. The Kier molecular flexibility index (Phi) is 6.59. The van der Waals surface area contributed by atoms with Crippen molar-refractivity contribution in [1.82, 2.24) is 14.8 Å². The van der Waals surface area contributed by atoms with Crippen LogP contribution < -0.4 is 9.64 Å². The van der Waals surface area contributed by atoms with Gasteiger partial charge >= 0.3 is 0 Å². The number of thioether (sulfide) groups is 1. The molecule has 1 heterocycles. The molecule has 0 fully saturated rings. The van der Waals surface area contributed by atoms with Crippen molar-refractivity contribution in [3.8, 4) is 17.1 Å². The first-order chi connectivity index (χ1) is 13.5. The quantitative estimate of drug-likeness (QED) is 0.535. The number of amides is 1. The van der Waals surface area contributed by atoms with Crippen LogP contribution in [-0.4, -0.2) is 40.6 Å². The molecular formula is C20H21ClN4O2S. The van der Waals surface area contributed by atoms with Gasteiger partial charge in [0.15, 0.2) is 11.0 Å². The van der Waals surface area contributed by atoms with E-state index in [9.17, 15) is 4.79 Å². The number of anilines is 1. The van der Waals surface area contributed by atoms with E-state index in [1.165, 1.54) is 11.8 Å². The number of aromatic nitrogens is 3. The van der Waals surface area contributed by atoms with E-state index in [-0.39, 0.29) is 11.7 Å². The summed E-state index contributed by atoms with van der Waals surface area (Å²) >= 11 is 7.51. The molecule has 0 aliphatic heterocycles. The fourth-order valence-electron chi connectivity index (χ4n) is 2.75. The zero-order chi connectivity index (χ0) is 20.1. The average molecular weight is 417 g/mol. The maximum Gasteiger partial charge on any atom is 0.237 e. The molecule has 2 aromatic carbocycles. The van der Waals surface area contributed by atoms with E-state index in [0.717, 1.165) is 11.3 Å². The number of halogens is 1. The van der Waals surface area contributed by atoms with Crippen LogP contribution in [0.3, 0.4) is 0 Å². The number of benzene rings is 2. The van der Waals surface area contributed by atoms with E-state index < -0.39 is 0 Å². The van der Waals surface area contributed by atoms with Crippen LogP contribution >= 0.6 is 23.4 Å². The number of carbonyl (C=O) groups excluding carboxylic acids is 1. The Morgan fingerprint density at radius 3 is 2.64 bits per heavy atom. The van der Waals surface area contributed by atoms with Gasteiger partial charge in [-0.15, -0.1) is 10.2 Å². The van der Waals surface area contributed by atoms with Crippen molar-refractivity contribution in [3.63, 3.8) is 0 Å². The summed E-state index contributed by atoms with van der Waals surface area (Å²) in [5.74, 6) is 1.58. The molecular weight excluding hydrogens is 396 g/mol. The van der Waals surface area contributed by atoms with Crippen LogP contribution in [0.25, 0.3) is 11.4 Å². The molecule has 0 radical (unpaired) electrons. The minimum Gasteiger partial charge on any atom is -0.496 e. The smallest absolute Gasteiger partial charge is 0.237 e. The highest BCUT2D eigenvalue weighted by Crippen LogP contribution is 2.33. The highest BCUT2D eigenvalue weighted by atomic mass is 35.5. The van der Waals surface area contributed by atoms with Crippen LogP contribution in [0.4, 0.5) is 5.69 Å². The summed E-state index contributed by atoms with van der Waals surface area (Å²) < 4.78 is 7.39. The molecule has 0 N–H and O–H groups in total. The zero-order valence-corrected chi connectivity index (χ0v) is 17.5. The molecule has 0 atom stereocenters. The minimum atomic E-state index is -0.0104. The van der Waals surface area contributed by atoms with Crippen LogP contribution in [0, 0.1) is 0 Å². The molecule has 0 saturated heterocycles. The molecule has 0 spiro atoms. The van der Waals surface area contributed by atoms with Gasteiger partial charge in [0.05, 0.1) is 18.4 Å². The third kappa shape index (κ3) is 4.31. The van der Waals surface area contributed by atoms with Gasteiger partial charge in [-0.3, -0.25) is 4.79 Å². The van der Waals surface area contributed by atoms with E-state index in [1.54, 1.807) is 37.3 Å². The molecule has 8 heteroatoms. The van der Waals surface area contributed by atoms with Crippen LogP contribution in [0.15, 0.2) is 53.7 Å². The van der Waals surface area contributed by atoms with E-state index >= 15 is 0 Å². The Morgan fingerprint density at radius 1 is 1.21 bits per heavy atom. The lowest BCUT2D eigenvalue weighted by atomic mass is 10.2. The zero-order valence-electron chi connectivity index (χ0n) is 15.9. The maximum atomic E-state index is 12.5. The number of rotatable bonds is 7. The fourth-order valence-corrected chi connectivity index (χ4v) is 3.84. The van der Waals surface area contributed by atoms with Crippen LogP contribution in [-0.2, 0) is 11.3 Å². The van der Waals surface area contributed by atoms with E-state index in [0.29, 0.717) is 28.3 Å². The number of ether oxygens (including phenoxy) is 1. The third-order valence-electron chi connectivity index (χ3n) is 4.28. The van der Waals surface area contributed by atoms with Gasteiger partial charge in [-0.25, -0.2) is 0 Å². The molecule has 146 valence electrons. The monoisotopic (exact) mass is 416 g/mol. The summed E-state index contributed by atoms with van der Waals surface area (Å²) in [6.07, 6.45) is 0. The van der Waals surface area contributed by atoms with Crippen molar-refractivity contribution in [1.29, 1.82) is 0 Å². The van der Waals surface area contributed by atoms with E-state index in [2.05, 4.69) is 10.2 Å². The molecule has 0 bridgehead atoms. The SMILES string of the molecule is CCn1c(SCC(=O)N(C)c2ccccc2)nnc1-c1cc(Cl)ccc1OC. The Hall–Kier alpha value is -2.51. The van der Waals surface area contributed by atoms with Gasteiger partial charge in [0.25, 0.3) is 0 Å². The average Bonchev–Trinajstić information content (AvgIpc) is 3.14. The number of hydrogen-bond donors (Lipinski definition) is 0. The Morgan fingerprint density at radius 2 is 1.96 bits per heavy atom. The second kappa shape index (κ2) is 9.12. The van der Waals surface area contributed by atoms with Gasteiger partial charge < -0.3 is 14.2 Å². The van der Waals surface area contributed by atoms with Crippen molar-refractivity contribution in [2.75, 3.05) is 24.8 Å². The highest BCUT2D eigenvalue weighted by molar-refractivity contribution is 7.99. The standard InChI is InChI=1S/C20H21ClN4O2S/c1-4-25-19(16-12-14(21)10-11-17(16)27-3)22-23-20(25)28-13-18(26)24(2)15-8-6-5-7-9-15/h5-12H,4,13H2,1-3H3. The first-order valence-corrected chi connectivity index (χ1v) is 10.1.